The number of nitrogens with zero attached hydrogens (tertiary/aromatic N) is 2. The summed E-state index contributed by atoms with van der Waals surface area (Å²) in [6.45, 7) is 6.99. The number of benzene rings is 4. The number of carbonyl (C=O) groups is 2. The maximum Gasteiger partial charge on any atom is 0.197 e. The van der Waals surface area contributed by atoms with Crippen LogP contribution in [0.5, 0.6) is 0 Å². The first-order valence-electron chi connectivity index (χ1n) is 13.3. The monoisotopic (exact) mass is 554 g/mol. The molecule has 0 aliphatic heterocycles. The average Bonchev–Trinajstić information content (AvgIpc) is 3.58. The van der Waals surface area contributed by atoms with Crippen molar-refractivity contribution in [3.63, 3.8) is 0 Å². The van der Waals surface area contributed by atoms with E-state index in [-0.39, 0.29) is 17.1 Å². The molecule has 6 aromatic rings. The van der Waals surface area contributed by atoms with Crippen molar-refractivity contribution in [2.75, 3.05) is 0 Å². The van der Waals surface area contributed by atoms with Crippen LogP contribution >= 0.6 is 11.3 Å². The van der Waals surface area contributed by atoms with Gasteiger partial charge in [-0.1, -0.05) is 91.6 Å². The van der Waals surface area contributed by atoms with Gasteiger partial charge in [0.15, 0.2) is 17.2 Å². The van der Waals surface area contributed by atoms with Crippen molar-refractivity contribution in [1.82, 2.24) is 9.55 Å². The maximum absolute atomic E-state index is 13.5. The van der Waals surface area contributed by atoms with Gasteiger partial charge >= 0.3 is 0 Å². The number of allylic oxidation sites excluding steroid dienone is 1. The largest absolute Gasteiger partial charge is 0.294 e. The Morgan fingerprint density at radius 3 is 1.95 bits per heavy atom. The minimum Gasteiger partial charge on any atom is -0.294 e. The van der Waals surface area contributed by atoms with Crippen molar-refractivity contribution in [2.24, 2.45) is 0 Å². The molecule has 0 amide bonds. The van der Waals surface area contributed by atoms with Crippen LogP contribution in [-0.4, -0.2) is 29.2 Å². The Morgan fingerprint density at radius 1 is 0.750 bits per heavy atom. The summed E-state index contributed by atoms with van der Waals surface area (Å²) in [6.07, 6.45) is 1.75. The van der Waals surface area contributed by atoms with Gasteiger partial charge in [0.2, 0.25) is 0 Å². The van der Waals surface area contributed by atoms with E-state index in [1.165, 1.54) is 5.19 Å². The SMILES string of the molecule is C[Si](C)(C)c1ccc(-n2c(C=C3C(=O)c4cc5ccccc5cc4C3=O)cc3sc(-c4ccccc4)nc32)cc1. The molecule has 1 aliphatic carbocycles. The summed E-state index contributed by atoms with van der Waals surface area (Å²) in [4.78, 5) is 32.1. The smallest absolute Gasteiger partial charge is 0.197 e. The topological polar surface area (TPSA) is 52.0 Å². The second-order valence-corrected chi connectivity index (χ2v) is 17.3. The molecule has 0 radical (unpaired) electrons. The van der Waals surface area contributed by atoms with E-state index in [0.29, 0.717) is 11.1 Å². The highest BCUT2D eigenvalue weighted by atomic mass is 32.1. The number of aromatic nitrogens is 2. The Kier molecular flexibility index (Phi) is 5.59. The van der Waals surface area contributed by atoms with Gasteiger partial charge in [0.25, 0.3) is 0 Å². The zero-order chi connectivity index (χ0) is 27.6. The molecule has 4 aromatic carbocycles. The molecule has 0 N–H and O–H groups in total. The first-order chi connectivity index (χ1) is 19.3. The minimum atomic E-state index is -1.48. The van der Waals surface area contributed by atoms with Crippen LogP contribution in [0.25, 0.3) is 43.5 Å². The first-order valence-corrected chi connectivity index (χ1v) is 17.6. The second kappa shape index (κ2) is 9.08. The van der Waals surface area contributed by atoms with Crippen LogP contribution in [0.2, 0.25) is 19.6 Å². The summed E-state index contributed by atoms with van der Waals surface area (Å²) in [5.41, 5.74) is 4.74. The molecule has 1 aliphatic rings. The number of hydrogen-bond donors (Lipinski definition) is 0. The Balaban J connectivity index is 1.40. The lowest BCUT2D eigenvalue weighted by Gasteiger charge is -2.17. The fraction of sp³-hybridized carbons (Fsp3) is 0.0882. The third-order valence-electron chi connectivity index (χ3n) is 7.55. The van der Waals surface area contributed by atoms with Crippen LogP contribution in [-0.2, 0) is 0 Å². The number of thiazole rings is 1. The third kappa shape index (κ3) is 3.99. The Morgan fingerprint density at radius 2 is 1.35 bits per heavy atom. The van der Waals surface area contributed by atoms with Gasteiger partial charge in [-0.15, -0.1) is 11.3 Å². The third-order valence-corrected chi connectivity index (χ3v) is 10.7. The molecule has 0 fully saturated rings. The number of Topliss-reactive ketones (excluding diaryl/α,β-unsaturated/α-hetero) is 2. The highest BCUT2D eigenvalue weighted by Crippen LogP contribution is 2.37. The van der Waals surface area contributed by atoms with Crippen molar-refractivity contribution in [3.8, 4) is 16.3 Å². The molecule has 40 heavy (non-hydrogen) atoms. The van der Waals surface area contributed by atoms with Gasteiger partial charge in [-0.3, -0.25) is 14.2 Å². The lowest BCUT2D eigenvalue weighted by Crippen LogP contribution is -2.37. The summed E-state index contributed by atoms with van der Waals surface area (Å²) in [7, 11) is -1.48. The van der Waals surface area contributed by atoms with Crippen molar-refractivity contribution in [2.45, 2.75) is 19.6 Å². The van der Waals surface area contributed by atoms with Gasteiger partial charge < -0.3 is 0 Å². The van der Waals surface area contributed by atoms with Crippen molar-refractivity contribution in [3.05, 3.63) is 119 Å². The zero-order valence-electron chi connectivity index (χ0n) is 22.4. The van der Waals surface area contributed by atoms with Crippen molar-refractivity contribution in [1.29, 1.82) is 0 Å². The van der Waals surface area contributed by atoms with Crippen LogP contribution in [0.4, 0.5) is 0 Å². The van der Waals surface area contributed by atoms with Gasteiger partial charge in [0, 0.05) is 22.4 Å². The fourth-order valence-corrected chi connectivity index (χ4v) is 7.55. The van der Waals surface area contributed by atoms with E-state index >= 15 is 0 Å². The van der Waals surface area contributed by atoms with Crippen LogP contribution in [0.1, 0.15) is 26.4 Å². The van der Waals surface area contributed by atoms with Gasteiger partial charge in [-0.25, -0.2) is 4.98 Å². The van der Waals surface area contributed by atoms with Crippen molar-refractivity contribution < 1.29 is 9.59 Å². The predicted molar refractivity (Wildman–Crippen MR) is 168 cm³/mol. The van der Waals surface area contributed by atoms with Gasteiger partial charge in [0.05, 0.1) is 24.0 Å². The average molecular weight is 555 g/mol. The molecule has 7 rings (SSSR count). The Bertz CT molecular complexity index is 1950. The van der Waals surface area contributed by atoms with Gasteiger partial charge in [-0.05, 0) is 47.2 Å². The summed E-state index contributed by atoms with van der Waals surface area (Å²) in [5.74, 6) is -0.456. The summed E-state index contributed by atoms with van der Waals surface area (Å²) in [5, 5.41) is 4.20. The molecule has 0 saturated heterocycles. The second-order valence-electron chi connectivity index (χ2n) is 11.2. The van der Waals surface area contributed by atoms with E-state index in [0.717, 1.165) is 43.1 Å². The van der Waals surface area contributed by atoms with Crippen LogP contribution in [0.3, 0.4) is 0 Å². The molecular weight excluding hydrogens is 529 g/mol. The minimum absolute atomic E-state index is 0.193. The molecule has 6 heteroatoms. The molecule has 0 saturated carbocycles. The molecular formula is C34H26N2O2SSi. The summed E-state index contributed by atoms with van der Waals surface area (Å²) >= 11 is 1.61. The highest BCUT2D eigenvalue weighted by molar-refractivity contribution is 7.21. The van der Waals surface area contributed by atoms with E-state index in [4.69, 9.17) is 4.98 Å². The lowest BCUT2D eigenvalue weighted by atomic mass is 10.0. The molecule has 194 valence electrons. The first kappa shape index (κ1) is 24.6. The molecule has 2 aromatic heterocycles. The van der Waals surface area contributed by atoms with E-state index in [1.807, 2.05) is 60.7 Å². The van der Waals surface area contributed by atoms with E-state index in [9.17, 15) is 9.59 Å². The fourth-order valence-electron chi connectivity index (χ4n) is 5.38. The predicted octanol–water partition coefficient (Wildman–Crippen LogP) is 7.92. The molecule has 2 heterocycles. The zero-order valence-corrected chi connectivity index (χ0v) is 24.3. The number of fused-ring (bicyclic) bond motifs is 3. The van der Waals surface area contributed by atoms with Gasteiger partial charge in [0.1, 0.15) is 5.01 Å². The number of hydrogen-bond acceptors (Lipinski definition) is 4. The van der Waals surface area contributed by atoms with Crippen LogP contribution in [0.15, 0.2) is 103 Å². The summed E-state index contributed by atoms with van der Waals surface area (Å²) < 4.78 is 3.07. The summed E-state index contributed by atoms with van der Waals surface area (Å²) in [6, 6.07) is 32.3. The van der Waals surface area contributed by atoms with E-state index in [1.54, 1.807) is 17.4 Å². The Hall–Kier alpha value is -4.39. The molecule has 0 spiro atoms. The maximum atomic E-state index is 13.5. The number of ketones is 2. The number of rotatable bonds is 4. The normalized spacial score (nSPS) is 13.4. The molecule has 4 nitrogen and oxygen atoms in total. The quantitative estimate of drug-likeness (QED) is 0.126. The van der Waals surface area contributed by atoms with Crippen LogP contribution < -0.4 is 5.19 Å². The molecule has 0 unspecified atom stereocenters. The molecule has 0 bridgehead atoms. The highest BCUT2D eigenvalue weighted by Gasteiger charge is 2.34. The van der Waals surface area contributed by atoms with Crippen molar-refractivity contribution >= 4 is 63.4 Å². The lowest BCUT2D eigenvalue weighted by molar-refractivity contribution is 0.0990. The molecule has 0 atom stereocenters. The van der Waals surface area contributed by atoms with E-state index in [2.05, 4.69) is 60.6 Å². The van der Waals surface area contributed by atoms with Gasteiger partial charge in [-0.2, -0.15) is 0 Å². The standard InChI is InChI=1S/C34H26N2O2SSi/c1-40(2,3)26-15-13-24(14-16-26)36-25(20-30-33(36)35-34(39-30)21-9-5-4-6-10-21)19-29-31(37)27-17-22-11-7-8-12-23(22)18-28(27)32(29)38/h4-20H,1-3H3. The number of carbonyl (C=O) groups excluding carboxylic acids is 2. The Labute approximate surface area is 237 Å². The van der Waals surface area contributed by atoms with Crippen LogP contribution in [0, 0.1) is 0 Å². The van der Waals surface area contributed by atoms with E-state index < -0.39 is 8.07 Å².